The molecule has 2 aliphatic carbocycles. The maximum Gasteiger partial charge on any atom is 0.254 e. The number of amides is 2. The molecule has 4 rings (SSSR count). The Balaban J connectivity index is 1.49. The number of likely N-dealkylation sites (N-methyl/N-ethyl adjacent to an activating group) is 1. The molecule has 6 heteroatoms. The molecule has 1 aromatic rings. The number of carbonyl (C=O) groups is 2. The van der Waals surface area contributed by atoms with Crippen LogP contribution in [0.3, 0.4) is 0 Å². The number of benzene rings is 1. The van der Waals surface area contributed by atoms with E-state index in [-0.39, 0.29) is 17.7 Å². The van der Waals surface area contributed by atoms with Gasteiger partial charge in [0, 0.05) is 37.7 Å². The number of hydrogen-bond acceptors (Lipinski definition) is 4. The second-order valence-electron chi connectivity index (χ2n) is 8.28. The van der Waals surface area contributed by atoms with Crippen molar-refractivity contribution in [3.05, 3.63) is 23.8 Å². The van der Waals surface area contributed by atoms with Crippen molar-refractivity contribution in [1.82, 2.24) is 9.80 Å². The van der Waals surface area contributed by atoms with Gasteiger partial charge in [-0.05, 0) is 56.3 Å². The number of ether oxygens (including phenoxy) is 1. The molecule has 2 saturated carbocycles. The largest absolute Gasteiger partial charge is 0.495 e. The van der Waals surface area contributed by atoms with Crippen molar-refractivity contribution in [1.29, 1.82) is 0 Å². The molecule has 0 spiro atoms. The molecule has 3 aliphatic rings. The second kappa shape index (κ2) is 7.50. The minimum Gasteiger partial charge on any atom is -0.495 e. The summed E-state index contributed by atoms with van der Waals surface area (Å²) in [5, 5.41) is 3.05. The Morgan fingerprint density at radius 3 is 2.52 bits per heavy atom. The van der Waals surface area contributed by atoms with Crippen LogP contribution >= 0.6 is 0 Å². The van der Waals surface area contributed by atoms with Gasteiger partial charge in [0.05, 0.1) is 12.8 Å². The highest BCUT2D eigenvalue weighted by atomic mass is 16.5. The highest BCUT2D eigenvalue weighted by Gasteiger charge is 2.43. The molecule has 2 bridgehead atoms. The molecule has 3 fully saturated rings. The van der Waals surface area contributed by atoms with E-state index in [1.807, 2.05) is 4.90 Å². The Morgan fingerprint density at radius 2 is 1.89 bits per heavy atom. The van der Waals surface area contributed by atoms with Crippen LogP contribution in [0.5, 0.6) is 5.75 Å². The zero-order valence-electron chi connectivity index (χ0n) is 16.2. The minimum absolute atomic E-state index is 0.0150. The molecule has 1 saturated heterocycles. The molecule has 1 N–H and O–H groups in total. The maximum atomic E-state index is 12.9. The molecule has 1 heterocycles. The predicted molar refractivity (Wildman–Crippen MR) is 104 cm³/mol. The van der Waals surface area contributed by atoms with Gasteiger partial charge in [0.2, 0.25) is 5.91 Å². The van der Waals surface area contributed by atoms with Crippen LogP contribution in [0.4, 0.5) is 5.69 Å². The standard InChI is InChI=1S/C21H29N3O3/c1-23-7-9-24(10-8-23)21(26)16-5-6-19(27-2)18(13-16)22-20(25)17-12-14-3-4-15(17)11-14/h5-6,13-15,17H,3-4,7-12H2,1-2H3,(H,22,25)/t14-,15-,17+/m0/s1. The van der Waals surface area contributed by atoms with Crippen LogP contribution in [-0.2, 0) is 4.79 Å². The fraction of sp³-hybridized carbons (Fsp3) is 0.619. The number of rotatable bonds is 4. The zero-order chi connectivity index (χ0) is 19.0. The third-order valence-corrected chi connectivity index (χ3v) is 6.57. The number of carbonyl (C=O) groups excluding carboxylic acids is 2. The van der Waals surface area contributed by atoms with E-state index in [0.717, 1.165) is 38.5 Å². The molecule has 1 aromatic carbocycles. The van der Waals surface area contributed by atoms with Gasteiger partial charge in [0.25, 0.3) is 5.91 Å². The number of nitrogens with zero attached hydrogens (tertiary/aromatic N) is 2. The van der Waals surface area contributed by atoms with Crippen LogP contribution < -0.4 is 10.1 Å². The molecule has 0 unspecified atom stereocenters. The minimum atomic E-state index is 0.0150. The van der Waals surface area contributed by atoms with E-state index in [4.69, 9.17) is 4.74 Å². The summed E-state index contributed by atoms with van der Waals surface area (Å²) < 4.78 is 5.42. The Bertz CT molecular complexity index is 727. The third-order valence-electron chi connectivity index (χ3n) is 6.57. The van der Waals surface area contributed by atoms with Crippen LogP contribution in [0.1, 0.15) is 36.0 Å². The van der Waals surface area contributed by atoms with Gasteiger partial charge in [0.15, 0.2) is 0 Å². The molecule has 3 atom stereocenters. The lowest BCUT2D eigenvalue weighted by Gasteiger charge is -2.32. The number of fused-ring (bicyclic) bond motifs is 2. The van der Waals surface area contributed by atoms with Crippen molar-refractivity contribution in [3.63, 3.8) is 0 Å². The molecule has 27 heavy (non-hydrogen) atoms. The molecule has 0 radical (unpaired) electrons. The topological polar surface area (TPSA) is 61.9 Å². The van der Waals surface area contributed by atoms with Crippen molar-refractivity contribution in [2.45, 2.75) is 25.7 Å². The molecule has 1 aliphatic heterocycles. The van der Waals surface area contributed by atoms with Crippen molar-refractivity contribution < 1.29 is 14.3 Å². The van der Waals surface area contributed by atoms with Gasteiger partial charge in [0.1, 0.15) is 5.75 Å². The summed E-state index contributed by atoms with van der Waals surface area (Å²) >= 11 is 0. The first-order valence-electron chi connectivity index (χ1n) is 10.0. The summed E-state index contributed by atoms with van der Waals surface area (Å²) in [7, 11) is 3.66. The highest BCUT2D eigenvalue weighted by Crippen LogP contribution is 2.48. The Hall–Kier alpha value is -2.08. The second-order valence-corrected chi connectivity index (χ2v) is 8.28. The van der Waals surface area contributed by atoms with Gasteiger partial charge in [-0.15, -0.1) is 0 Å². The van der Waals surface area contributed by atoms with Crippen molar-refractivity contribution in [2.24, 2.45) is 17.8 Å². The fourth-order valence-corrected chi connectivity index (χ4v) is 4.92. The Kier molecular flexibility index (Phi) is 5.08. The fourth-order valence-electron chi connectivity index (χ4n) is 4.92. The van der Waals surface area contributed by atoms with Gasteiger partial charge in [-0.3, -0.25) is 9.59 Å². The average Bonchev–Trinajstić information content (AvgIpc) is 3.31. The number of nitrogens with one attached hydrogen (secondary N) is 1. The molecule has 146 valence electrons. The van der Waals surface area contributed by atoms with Crippen molar-refractivity contribution >= 4 is 17.5 Å². The number of piperazine rings is 1. The monoisotopic (exact) mass is 371 g/mol. The van der Waals surface area contributed by atoms with Gasteiger partial charge in [-0.1, -0.05) is 6.42 Å². The van der Waals surface area contributed by atoms with E-state index in [0.29, 0.717) is 22.9 Å². The van der Waals surface area contributed by atoms with E-state index in [2.05, 4.69) is 17.3 Å². The lowest BCUT2D eigenvalue weighted by molar-refractivity contribution is -0.121. The van der Waals surface area contributed by atoms with Crippen LogP contribution in [0.15, 0.2) is 18.2 Å². The maximum absolute atomic E-state index is 12.9. The average molecular weight is 371 g/mol. The third kappa shape index (κ3) is 3.68. The normalized spacial score (nSPS) is 27.6. The SMILES string of the molecule is COc1ccc(C(=O)N2CCN(C)CC2)cc1NC(=O)[C@@H]1C[C@H]2CC[C@H]1C2. The summed E-state index contributed by atoms with van der Waals surface area (Å²) in [6.45, 7) is 3.23. The smallest absolute Gasteiger partial charge is 0.254 e. The summed E-state index contributed by atoms with van der Waals surface area (Å²) in [5.74, 6) is 2.03. The first-order valence-corrected chi connectivity index (χ1v) is 10.0. The number of methoxy groups -OCH3 is 1. The van der Waals surface area contributed by atoms with E-state index in [9.17, 15) is 9.59 Å². The quantitative estimate of drug-likeness (QED) is 0.883. The first-order chi connectivity index (χ1) is 13.0. The van der Waals surface area contributed by atoms with Crippen molar-refractivity contribution in [3.8, 4) is 5.75 Å². The molecular weight excluding hydrogens is 342 g/mol. The Labute approximate surface area is 160 Å². The van der Waals surface area contributed by atoms with E-state index >= 15 is 0 Å². The van der Waals surface area contributed by atoms with Gasteiger partial charge in [-0.25, -0.2) is 0 Å². The summed E-state index contributed by atoms with van der Waals surface area (Å²) in [6.07, 6.45) is 4.63. The summed E-state index contributed by atoms with van der Waals surface area (Å²) in [6, 6.07) is 5.33. The van der Waals surface area contributed by atoms with E-state index < -0.39 is 0 Å². The first kappa shape index (κ1) is 18.3. The van der Waals surface area contributed by atoms with Crippen LogP contribution in [0, 0.1) is 17.8 Å². The highest BCUT2D eigenvalue weighted by molar-refractivity contribution is 5.99. The molecular formula is C21H29N3O3. The lowest BCUT2D eigenvalue weighted by Crippen LogP contribution is -2.47. The van der Waals surface area contributed by atoms with Crippen LogP contribution in [-0.4, -0.2) is 62.0 Å². The van der Waals surface area contributed by atoms with Gasteiger partial charge >= 0.3 is 0 Å². The van der Waals surface area contributed by atoms with Gasteiger partial charge < -0.3 is 19.9 Å². The lowest BCUT2D eigenvalue weighted by atomic mass is 9.88. The van der Waals surface area contributed by atoms with Crippen LogP contribution in [0.2, 0.25) is 0 Å². The number of anilines is 1. The molecule has 6 nitrogen and oxygen atoms in total. The van der Waals surface area contributed by atoms with E-state index in [1.165, 1.54) is 19.3 Å². The van der Waals surface area contributed by atoms with Crippen molar-refractivity contribution in [2.75, 3.05) is 45.7 Å². The van der Waals surface area contributed by atoms with E-state index in [1.54, 1.807) is 25.3 Å². The van der Waals surface area contributed by atoms with Gasteiger partial charge in [-0.2, -0.15) is 0 Å². The molecule has 0 aromatic heterocycles. The Morgan fingerprint density at radius 1 is 1.11 bits per heavy atom. The molecule has 2 amide bonds. The zero-order valence-corrected chi connectivity index (χ0v) is 16.2. The summed E-state index contributed by atoms with van der Waals surface area (Å²) in [4.78, 5) is 29.8. The number of hydrogen-bond donors (Lipinski definition) is 1. The predicted octanol–water partition coefficient (Wildman–Crippen LogP) is 2.46. The van der Waals surface area contributed by atoms with Crippen LogP contribution in [0.25, 0.3) is 0 Å². The summed E-state index contributed by atoms with van der Waals surface area (Å²) in [5.41, 5.74) is 1.20.